The van der Waals surface area contributed by atoms with Gasteiger partial charge in [0.2, 0.25) is 5.89 Å². The minimum atomic E-state index is -3.51. The van der Waals surface area contributed by atoms with Crippen molar-refractivity contribution in [1.29, 1.82) is 0 Å². The first-order chi connectivity index (χ1) is 12.7. The summed E-state index contributed by atoms with van der Waals surface area (Å²) in [6, 6.07) is 2.82. The van der Waals surface area contributed by atoms with Gasteiger partial charge >= 0.3 is 5.92 Å². The van der Waals surface area contributed by atoms with Crippen LogP contribution < -0.4 is 11.1 Å². The number of aromatic nitrogens is 1. The molecule has 11 heteroatoms. The Balaban J connectivity index is 1.95. The minimum Gasteiger partial charge on any atom is -0.459 e. The maximum Gasteiger partial charge on any atom is 0.310 e. The average Bonchev–Trinajstić information content (AvgIpc) is 3.10. The number of amides is 1. The molecule has 2 heterocycles. The van der Waals surface area contributed by atoms with Gasteiger partial charge in [0, 0.05) is 11.3 Å². The number of hydrogen-bond acceptors (Lipinski definition) is 6. The van der Waals surface area contributed by atoms with E-state index in [1.165, 1.54) is 12.3 Å². The van der Waals surface area contributed by atoms with Crippen LogP contribution in [0.2, 0.25) is 0 Å². The van der Waals surface area contributed by atoms with Crippen molar-refractivity contribution >= 4 is 40.2 Å². The molecule has 3 N–H and O–H groups in total. The second kappa shape index (κ2) is 7.02. The fourth-order valence-corrected chi connectivity index (χ4v) is 2.89. The molecule has 0 saturated heterocycles. The van der Waals surface area contributed by atoms with Gasteiger partial charge in [-0.05, 0) is 25.1 Å². The number of halogens is 4. The van der Waals surface area contributed by atoms with Crippen LogP contribution in [0, 0.1) is 5.82 Å². The summed E-state index contributed by atoms with van der Waals surface area (Å²) < 4.78 is 53.3. The highest BCUT2D eigenvalue weighted by molar-refractivity contribution is 14.1. The molecule has 0 fully saturated rings. The van der Waals surface area contributed by atoms with Gasteiger partial charge in [0.05, 0.1) is 4.43 Å². The number of nitrogens with zero attached hydrogens (tertiary/aromatic N) is 2. The predicted octanol–water partition coefficient (Wildman–Crippen LogP) is 3.20. The van der Waals surface area contributed by atoms with Gasteiger partial charge < -0.3 is 20.2 Å². The fourth-order valence-electron chi connectivity index (χ4n) is 2.54. The molecule has 27 heavy (non-hydrogen) atoms. The molecule has 144 valence electrons. The van der Waals surface area contributed by atoms with Gasteiger partial charge in [0.1, 0.15) is 12.1 Å². The van der Waals surface area contributed by atoms with Crippen molar-refractivity contribution < 1.29 is 27.1 Å². The largest absolute Gasteiger partial charge is 0.459 e. The van der Waals surface area contributed by atoms with Gasteiger partial charge in [-0.15, -0.1) is 0 Å². The number of hydrogen-bond donors (Lipinski definition) is 2. The van der Waals surface area contributed by atoms with E-state index in [2.05, 4.69) is 20.0 Å². The van der Waals surface area contributed by atoms with Crippen LogP contribution >= 0.6 is 22.6 Å². The third-order valence-corrected chi connectivity index (χ3v) is 4.75. The van der Waals surface area contributed by atoms with Gasteiger partial charge in [-0.25, -0.2) is 14.4 Å². The minimum absolute atomic E-state index is 0.0115. The predicted molar refractivity (Wildman–Crippen MR) is 98.5 cm³/mol. The Kier molecular flexibility index (Phi) is 5.06. The number of ether oxygens (including phenoxy) is 1. The van der Waals surface area contributed by atoms with Gasteiger partial charge in [-0.3, -0.25) is 4.79 Å². The van der Waals surface area contributed by atoms with Crippen LogP contribution in [0.1, 0.15) is 28.9 Å². The summed E-state index contributed by atoms with van der Waals surface area (Å²) in [4.78, 5) is 19.8. The molecule has 1 amide bonds. The maximum absolute atomic E-state index is 14.4. The summed E-state index contributed by atoms with van der Waals surface area (Å²) in [5, 5.41) is 2.47. The molecule has 0 unspecified atom stereocenters. The van der Waals surface area contributed by atoms with E-state index in [0.717, 1.165) is 19.1 Å². The van der Waals surface area contributed by atoms with Crippen molar-refractivity contribution in [2.75, 3.05) is 11.9 Å². The molecule has 1 atom stereocenters. The molecule has 0 saturated carbocycles. The molecule has 0 radical (unpaired) electrons. The number of rotatable bonds is 4. The SMILES string of the molecule is C[C@]1(c2cc(NC(=O)c3coc(CI)n3)ccc2F)N=C(N)OCC1(F)F. The number of oxazole rings is 1. The molecule has 1 aromatic carbocycles. The molecule has 3 rings (SSSR count). The van der Waals surface area contributed by atoms with Crippen LogP contribution in [0.3, 0.4) is 0 Å². The Morgan fingerprint density at radius 1 is 1.44 bits per heavy atom. The van der Waals surface area contributed by atoms with Crippen LogP contribution in [0.4, 0.5) is 18.9 Å². The van der Waals surface area contributed by atoms with Crippen LogP contribution in [0.5, 0.6) is 0 Å². The smallest absolute Gasteiger partial charge is 0.310 e. The van der Waals surface area contributed by atoms with Crippen LogP contribution in [-0.2, 0) is 14.7 Å². The van der Waals surface area contributed by atoms with E-state index < -0.39 is 41.4 Å². The number of aliphatic imine (C=N–C) groups is 1. The highest BCUT2D eigenvalue weighted by atomic mass is 127. The van der Waals surface area contributed by atoms with Crippen molar-refractivity contribution in [3.8, 4) is 0 Å². The van der Waals surface area contributed by atoms with Crippen LogP contribution in [0.25, 0.3) is 0 Å². The fraction of sp³-hybridized carbons (Fsp3) is 0.312. The maximum atomic E-state index is 14.4. The lowest BCUT2D eigenvalue weighted by atomic mass is 9.85. The number of nitrogens with one attached hydrogen (secondary N) is 1. The standard InChI is InChI=1S/C16H14F3IN4O3/c1-15(16(18,19)7-27-14(21)24-15)9-4-8(2-3-10(9)17)22-13(25)11-6-26-12(5-20)23-11/h2-4,6H,5,7H2,1H3,(H2,21,24)(H,22,25)/t15-/m1/s1. The number of alkyl halides is 3. The molecule has 1 aliphatic heterocycles. The molecular formula is C16H14F3IN4O3. The topological polar surface area (TPSA) is 103 Å². The summed E-state index contributed by atoms with van der Waals surface area (Å²) in [6.45, 7) is 0.0175. The Morgan fingerprint density at radius 3 is 2.85 bits per heavy atom. The molecule has 0 spiro atoms. The van der Waals surface area contributed by atoms with E-state index in [4.69, 9.17) is 10.2 Å². The first-order valence-electron chi connectivity index (χ1n) is 7.64. The van der Waals surface area contributed by atoms with Crippen molar-refractivity contribution in [1.82, 2.24) is 4.98 Å². The summed E-state index contributed by atoms with van der Waals surface area (Å²) in [5.74, 6) is -4.69. The number of carbonyl (C=O) groups is 1. The molecule has 0 bridgehead atoms. The van der Waals surface area contributed by atoms with Gasteiger partial charge in [-0.2, -0.15) is 8.78 Å². The highest BCUT2D eigenvalue weighted by Crippen LogP contribution is 2.44. The quantitative estimate of drug-likeness (QED) is 0.502. The van der Waals surface area contributed by atoms with Crippen LogP contribution in [0.15, 0.2) is 33.9 Å². The Bertz CT molecular complexity index is 918. The van der Waals surface area contributed by atoms with Crippen LogP contribution in [-0.4, -0.2) is 29.4 Å². The van der Waals surface area contributed by atoms with Crippen molar-refractivity contribution in [3.05, 3.63) is 47.4 Å². The van der Waals surface area contributed by atoms with E-state index in [1.807, 2.05) is 22.6 Å². The zero-order valence-corrected chi connectivity index (χ0v) is 16.1. The summed E-state index contributed by atoms with van der Waals surface area (Å²) >= 11 is 2.02. The van der Waals surface area contributed by atoms with Gasteiger partial charge in [0.25, 0.3) is 11.9 Å². The molecule has 2 aromatic rings. The number of benzene rings is 1. The van der Waals surface area contributed by atoms with Crippen molar-refractivity contribution in [2.24, 2.45) is 10.7 Å². The highest BCUT2D eigenvalue weighted by Gasteiger charge is 2.56. The van der Waals surface area contributed by atoms with Gasteiger partial charge in [0.15, 0.2) is 17.8 Å². The third-order valence-electron chi connectivity index (χ3n) is 4.09. The average molecular weight is 494 g/mol. The van der Waals surface area contributed by atoms with E-state index in [9.17, 15) is 18.0 Å². The molecule has 7 nitrogen and oxygen atoms in total. The normalized spacial score (nSPS) is 21.3. The lowest BCUT2D eigenvalue weighted by Gasteiger charge is -2.37. The summed E-state index contributed by atoms with van der Waals surface area (Å²) in [5.41, 5.74) is 2.80. The Morgan fingerprint density at radius 2 is 2.19 bits per heavy atom. The zero-order valence-electron chi connectivity index (χ0n) is 13.9. The molecule has 1 aromatic heterocycles. The van der Waals surface area contributed by atoms with E-state index >= 15 is 0 Å². The van der Waals surface area contributed by atoms with E-state index in [-0.39, 0.29) is 11.4 Å². The Hall–Kier alpha value is -2.31. The number of nitrogens with two attached hydrogens (primary N) is 1. The first-order valence-corrected chi connectivity index (χ1v) is 9.16. The van der Waals surface area contributed by atoms with Gasteiger partial charge in [-0.1, -0.05) is 22.6 Å². The lowest BCUT2D eigenvalue weighted by molar-refractivity contribution is -0.117. The van der Waals surface area contributed by atoms with E-state index in [1.54, 1.807) is 0 Å². The zero-order chi connectivity index (χ0) is 19.8. The lowest BCUT2D eigenvalue weighted by Crippen LogP contribution is -2.51. The summed E-state index contributed by atoms with van der Waals surface area (Å²) in [7, 11) is 0. The van der Waals surface area contributed by atoms with Crippen molar-refractivity contribution in [3.63, 3.8) is 0 Å². The Labute approximate surface area is 165 Å². The second-order valence-corrected chi connectivity index (χ2v) is 6.69. The number of amidine groups is 1. The monoisotopic (exact) mass is 494 g/mol. The number of carbonyl (C=O) groups excluding carboxylic acids is 1. The second-order valence-electron chi connectivity index (χ2n) is 5.92. The van der Waals surface area contributed by atoms with Crippen molar-refractivity contribution in [2.45, 2.75) is 22.8 Å². The van der Waals surface area contributed by atoms with E-state index in [0.29, 0.717) is 10.3 Å². The number of anilines is 1. The third kappa shape index (κ3) is 3.59. The first kappa shape index (κ1) is 19.5. The molecule has 1 aliphatic rings. The molecular weight excluding hydrogens is 480 g/mol. The molecule has 0 aliphatic carbocycles. The summed E-state index contributed by atoms with van der Waals surface area (Å²) in [6.07, 6.45) is 1.17.